The Labute approximate surface area is 111 Å². The van der Waals surface area contributed by atoms with Gasteiger partial charge < -0.3 is 11.1 Å². The summed E-state index contributed by atoms with van der Waals surface area (Å²) in [5.41, 5.74) is 5.59. The van der Waals surface area contributed by atoms with E-state index in [0.717, 1.165) is 25.7 Å². The molecule has 1 amide bonds. The molecular weight excluding hydrogens is 259 g/mol. The molecule has 3 N–H and O–H groups in total. The third-order valence-electron chi connectivity index (χ3n) is 3.79. The van der Waals surface area contributed by atoms with Gasteiger partial charge in [-0.25, -0.2) is 0 Å². The van der Waals surface area contributed by atoms with Gasteiger partial charge in [-0.1, -0.05) is 19.8 Å². The van der Waals surface area contributed by atoms with Crippen LogP contribution in [0.15, 0.2) is 0 Å². The summed E-state index contributed by atoms with van der Waals surface area (Å²) in [7, 11) is 0. The van der Waals surface area contributed by atoms with Gasteiger partial charge in [0.25, 0.3) is 0 Å². The maximum Gasteiger partial charge on any atom is 0.405 e. The summed E-state index contributed by atoms with van der Waals surface area (Å²) in [6, 6.07) is 0. The molecule has 4 nitrogen and oxygen atoms in total. The van der Waals surface area contributed by atoms with Crippen LogP contribution in [0.1, 0.15) is 32.6 Å². The predicted molar refractivity (Wildman–Crippen MR) is 66.6 cm³/mol. The highest BCUT2D eigenvalue weighted by Crippen LogP contribution is 2.34. The number of rotatable bonds is 6. The Balaban J connectivity index is 2.54. The van der Waals surface area contributed by atoms with Gasteiger partial charge in [0, 0.05) is 12.1 Å². The summed E-state index contributed by atoms with van der Waals surface area (Å²) in [6.07, 6.45) is -0.449. The third-order valence-corrected chi connectivity index (χ3v) is 3.79. The fraction of sp³-hybridized carbons (Fsp3) is 0.917. The second kappa shape index (κ2) is 6.56. The summed E-state index contributed by atoms with van der Waals surface area (Å²) < 4.78 is 36.1. The normalized spacial score (nSPS) is 18.8. The molecule has 0 heterocycles. The standard InChI is InChI=1S/C12H22F3N3O/c1-2-18(11(8-16)5-3-4-6-11)7-10(19)17-9-12(13,14)15/h2-9,16H2,1H3,(H,17,19). The number of carbonyl (C=O) groups is 1. The van der Waals surface area contributed by atoms with E-state index in [2.05, 4.69) is 0 Å². The second-order valence-corrected chi connectivity index (χ2v) is 5.04. The molecule has 0 unspecified atom stereocenters. The zero-order valence-corrected chi connectivity index (χ0v) is 11.2. The minimum Gasteiger partial charge on any atom is -0.346 e. The summed E-state index contributed by atoms with van der Waals surface area (Å²) in [4.78, 5) is 13.5. The molecule has 7 heteroatoms. The Hall–Kier alpha value is -0.820. The Bertz CT molecular complexity index is 301. The smallest absolute Gasteiger partial charge is 0.346 e. The zero-order chi connectivity index (χ0) is 14.5. The van der Waals surface area contributed by atoms with E-state index < -0.39 is 18.6 Å². The van der Waals surface area contributed by atoms with Crippen molar-refractivity contribution in [2.75, 3.05) is 26.2 Å². The minimum absolute atomic E-state index is 0.0240. The summed E-state index contributed by atoms with van der Waals surface area (Å²) >= 11 is 0. The molecule has 112 valence electrons. The highest BCUT2D eigenvalue weighted by molar-refractivity contribution is 5.78. The first-order valence-electron chi connectivity index (χ1n) is 6.61. The van der Waals surface area contributed by atoms with E-state index in [4.69, 9.17) is 5.73 Å². The quantitative estimate of drug-likeness (QED) is 0.770. The molecular formula is C12H22F3N3O. The van der Waals surface area contributed by atoms with Crippen LogP contribution in [-0.2, 0) is 4.79 Å². The van der Waals surface area contributed by atoms with E-state index in [9.17, 15) is 18.0 Å². The predicted octanol–water partition coefficient (Wildman–Crippen LogP) is 1.26. The molecule has 0 aromatic carbocycles. The number of hydrogen-bond acceptors (Lipinski definition) is 3. The number of nitrogens with one attached hydrogen (secondary N) is 1. The first kappa shape index (κ1) is 16.2. The van der Waals surface area contributed by atoms with Gasteiger partial charge in [-0.2, -0.15) is 13.2 Å². The molecule has 0 bridgehead atoms. The lowest BCUT2D eigenvalue weighted by molar-refractivity contribution is -0.139. The highest BCUT2D eigenvalue weighted by atomic mass is 19.4. The van der Waals surface area contributed by atoms with E-state index >= 15 is 0 Å². The van der Waals surface area contributed by atoms with Gasteiger partial charge in [0.15, 0.2) is 0 Å². The molecule has 1 rings (SSSR count). The summed E-state index contributed by atoms with van der Waals surface area (Å²) in [5.74, 6) is -0.598. The van der Waals surface area contributed by atoms with Crippen molar-refractivity contribution in [2.45, 2.75) is 44.3 Å². The van der Waals surface area contributed by atoms with Gasteiger partial charge in [-0.05, 0) is 19.4 Å². The Morgan fingerprint density at radius 2 is 1.95 bits per heavy atom. The Morgan fingerprint density at radius 3 is 2.37 bits per heavy atom. The molecule has 0 aliphatic heterocycles. The molecule has 0 aromatic rings. The number of alkyl halides is 3. The SMILES string of the molecule is CCN(CC(=O)NCC(F)(F)F)C1(CN)CCCC1. The van der Waals surface area contributed by atoms with E-state index in [-0.39, 0.29) is 12.1 Å². The van der Waals surface area contributed by atoms with Crippen LogP contribution in [0.2, 0.25) is 0 Å². The van der Waals surface area contributed by atoms with E-state index in [1.165, 1.54) is 0 Å². The van der Waals surface area contributed by atoms with Crippen molar-refractivity contribution in [3.63, 3.8) is 0 Å². The second-order valence-electron chi connectivity index (χ2n) is 5.04. The molecule has 0 atom stereocenters. The molecule has 1 aliphatic rings. The maximum absolute atomic E-state index is 12.0. The van der Waals surface area contributed by atoms with E-state index in [1.54, 1.807) is 0 Å². The number of halogens is 3. The minimum atomic E-state index is -4.37. The van der Waals surface area contributed by atoms with Crippen molar-refractivity contribution >= 4 is 5.91 Å². The van der Waals surface area contributed by atoms with Gasteiger partial charge in [0.05, 0.1) is 6.54 Å². The monoisotopic (exact) mass is 281 g/mol. The van der Waals surface area contributed by atoms with Gasteiger partial charge in [-0.15, -0.1) is 0 Å². The van der Waals surface area contributed by atoms with Crippen molar-refractivity contribution in [3.05, 3.63) is 0 Å². The third kappa shape index (κ3) is 4.65. The van der Waals surface area contributed by atoms with Crippen molar-refractivity contribution < 1.29 is 18.0 Å². The number of nitrogens with zero attached hydrogens (tertiary/aromatic N) is 1. The van der Waals surface area contributed by atoms with Crippen LogP contribution in [0.3, 0.4) is 0 Å². The van der Waals surface area contributed by atoms with Crippen LogP contribution in [-0.4, -0.2) is 48.7 Å². The van der Waals surface area contributed by atoms with Gasteiger partial charge in [-0.3, -0.25) is 9.69 Å². The maximum atomic E-state index is 12.0. The average Bonchev–Trinajstić information content (AvgIpc) is 2.82. The van der Waals surface area contributed by atoms with E-state index in [0.29, 0.717) is 13.1 Å². The van der Waals surface area contributed by atoms with Crippen LogP contribution in [0.25, 0.3) is 0 Å². The van der Waals surface area contributed by atoms with Crippen molar-refractivity contribution in [1.82, 2.24) is 10.2 Å². The van der Waals surface area contributed by atoms with Crippen LogP contribution in [0.4, 0.5) is 13.2 Å². The zero-order valence-electron chi connectivity index (χ0n) is 11.2. The molecule has 0 aromatic heterocycles. The Kier molecular flexibility index (Phi) is 5.61. The molecule has 0 spiro atoms. The van der Waals surface area contributed by atoms with Crippen molar-refractivity contribution in [2.24, 2.45) is 5.73 Å². The molecule has 0 saturated heterocycles. The van der Waals surface area contributed by atoms with Gasteiger partial charge in [0.1, 0.15) is 6.54 Å². The van der Waals surface area contributed by atoms with Crippen LogP contribution in [0, 0.1) is 0 Å². The van der Waals surface area contributed by atoms with E-state index in [1.807, 2.05) is 17.1 Å². The average molecular weight is 281 g/mol. The summed E-state index contributed by atoms with van der Waals surface area (Å²) in [6.45, 7) is 1.64. The van der Waals surface area contributed by atoms with Crippen molar-refractivity contribution in [1.29, 1.82) is 0 Å². The molecule has 1 aliphatic carbocycles. The number of hydrogen-bond donors (Lipinski definition) is 2. The summed E-state index contributed by atoms with van der Waals surface area (Å²) in [5, 5.41) is 1.91. The van der Waals surface area contributed by atoms with Gasteiger partial charge >= 0.3 is 6.18 Å². The Morgan fingerprint density at radius 1 is 1.37 bits per heavy atom. The van der Waals surface area contributed by atoms with Gasteiger partial charge in [0.2, 0.25) is 5.91 Å². The highest BCUT2D eigenvalue weighted by Gasteiger charge is 2.38. The lowest BCUT2D eigenvalue weighted by Crippen LogP contribution is -2.55. The molecule has 19 heavy (non-hydrogen) atoms. The first-order chi connectivity index (χ1) is 8.83. The van der Waals surface area contributed by atoms with Crippen LogP contribution >= 0.6 is 0 Å². The lowest BCUT2D eigenvalue weighted by Gasteiger charge is -2.39. The lowest BCUT2D eigenvalue weighted by atomic mass is 9.95. The molecule has 1 saturated carbocycles. The topological polar surface area (TPSA) is 58.4 Å². The number of amides is 1. The van der Waals surface area contributed by atoms with Crippen molar-refractivity contribution in [3.8, 4) is 0 Å². The number of carbonyl (C=O) groups excluding carboxylic acids is 1. The fourth-order valence-electron chi connectivity index (χ4n) is 2.73. The number of nitrogens with two attached hydrogens (primary N) is 1. The largest absolute Gasteiger partial charge is 0.405 e. The van der Waals surface area contributed by atoms with Crippen LogP contribution in [0.5, 0.6) is 0 Å². The molecule has 0 radical (unpaired) electrons. The first-order valence-corrected chi connectivity index (χ1v) is 6.61. The van der Waals surface area contributed by atoms with Crippen LogP contribution < -0.4 is 11.1 Å². The molecule has 1 fully saturated rings. The number of likely N-dealkylation sites (N-methyl/N-ethyl adjacent to an activating group) is 1. The fourth-order valence-corrected chi connectivity index (χ4v) is 2.73.